The van der Waals surface area contributed by atoms with Crippen molar-refractivity contribution in [1.29, 1.82) is 0 Å². The van der Waals surface area contributed by atoms with Crippen LogP contribution in [0.1, 0.15) is 24.2 Å². The Labute approximate surface area is 238 Å². The average molecular weight is 599 g/mol. The summed E-state index contributed by atoms with van der Waals surface area (Å²) >= 11 is 0. The number of phenols is 2. The number of fused-ring (bicyclic) bond motifs is 1. The van der Waals surface area contributed by atoms with Gasteiger partial charge < -0.3 is 74.7 Å². The van der Waals surface area contributed by atoms with Crippen molar-refractivity contribution in [3.63, 3.8) is 0 Å². The summed E-state index contributed by atoms with van der Waals surface area (Å²) in [4.78, 5) is 0. The second-order valence-corrected chi connectivity index (χ2v) is 10.6. The minimum Gasteiger partial charge on any atom is -0.508 e. The molecule has 0 bridgehead atoms. The van der Waals surface area contributed by atoms with Crippen LogP contribution in [0.3, 0.4) is 0 Å². The number of benzene rings is 2. The highest BCUT2D eigenvalue weighted by molar-refractivity contribution is 5.52. The Hall–Kier alpha value is -2.80. The van der Waals surface area contributed by atoms with Crippen LogP contribution < -0.4 is 9.47 Å². The molecule has 15 nitrogen and oxygen atoms in total. The Balaban J connectivity index is 1.47. The molecule has 0 radical (unpaired) electrons. The SMILES string of the molecule is C[C@@H]1O[C@@H](Oc2cc(O)c3c(c2)OC(c2ccc(O)cc2)C(O)(O[C@@H]2O[C@H](CO)[C@@H](O)[C@H](O)[C@H]2O)C3)[C@H](O)[C@H](O)[C@H]1O. The Morgan fingerprint density at radius 1 is 0.833 bits per heavy atom. The van der Waals surface area contributed by atoms with Crippen molar-refractivity contribution < 1.29 is 74.7 Å². The Morgan fingerprint density at radius 3 is 2.14 bits per heavy atom. The number of aromatic hydroxyl groups is 2. The number of aliphatic hydroxyl groups excluding tert-OH is 7. The molecule has 232 valence electrons. The van der Waals surface area contributed by atoms with Crippen LogP contribution in [0.4, 0.5) is 0 Å². The fourth-order valence-electron chi connectivity index (χ4n) is 5.21. The van der Waals surface area contributed by atoms with Gasteiger partial charge >= 0.3 is 0 Å². The first-order chi connectivity index (χ1) is 19.8. The highest BCUT2D eigenvalue weighted by Crippen LogP contribution is 2.48. The number of hydrogen-bond acceptors (Lipinski definition) is 15. The van der Waals surface area contributed by atoms with Gasteiger partial charge in [-0.15, -0.1) is 0 Å². The maximum Gasteiger partial charge on any atom is 0.229 e. The van der Waals surface area contributed by atoms with Crippen molar-refractivity contribution in [2.24, 2.45) is 0 Å². The number of phenolic OH excluding ortho intramolecular Hbond substituents is 2. The zero-order valence-corrected chi connectivity index (χ0v) is 22.2. The highest BCUT2D eigenvalue weighted by Gasteiger charge is 2.53. The van der Waals surface area contributed by atoms with E-state index in [-0.39, 0.29) is 28.4 Å². The van der Waals surface area contributed by atoms with Gasteiger partial charge in [0.2, 0.25) is 12.1 Å². The molecule has 2 fully saturated rings. The van der Waals surface area contributed by atoms with E-state index in [4.69, 9.17) is 23.7 Å². The smallest absolute Gasteiger partial charge is 0.229 e. The predicted octanol–water partition coefficient (Wildman–Crippen LogP) is -2.51. The third kappa shape index (κ3) is 5.61. The predicted molar refractivity (Wildman–Crippen MR) is 136 cm³/mol. The van der Waals surface area contributed by atoms with E-state index < -0.39 is 92.1 Å². The molecule has 2 saturated heterocycles. The maximum atomic E-state index is 11.8. The van der Waals surface area contributed by atoms with Crippen LogP contribution >= 0.6 is 0 Å². The van der Waals surface area contributed by atoms with E-state index in [2.05, 4.69) is 0 Å². The molecule has 10 N–H and O–H groups in total. The van der Waals surface area contributed by atoms with Crippen molar-refractivity contribution in [2.45, 2.75) is 86.6 Å². The summed E-state index contributed by atoms with van der Waals surface area (Å²) in [6, 6.07) is 7.95. The van der Waals surface area contributed by atoms with Gasteiger partial charge in [0.1, 0.15) is 65.7 Å². The van der Waals surface area contributed by atoms with Crippen molar-refractivity contribution >= 4 is 0 Å². The zero-order chi connectivity index (χ0) is 30.5. The molecule has 5 rings (SSSR count). The number of rotatable bonds is 6. The molecule has 0 amide bonds. The second-order valence-electron chi connectivity index (χ2n) is 10.6. The molecule has 3 heterocycles. The van der Waals surface area contributed by atoms with Crippen molar-refractivity contribution in [2.75, 3.05) is 6.61 Å². The van der Waals surface area contributed by atoms with Gasteiger partial charge in [0.25, 0.3) is 0 Å². The molecular formula is C27H34O15. The molecule has 0 aromatic heterocycles. The van der Waals surface area contributed by atoms with E-state index in [0.717, 1.165) is 6.07 Å². The van der Waals surface area contributed by atoms with E-state index in [1.165, 1.54) is 37.3 Å². The fraction of sp³-hybridized carbons (Fsp3) is 0.556. The first kappa shape index (κ1) is 30.7. The minimum absolute atomic E-state index is 0.00378. The third-order valence-electron chi connectivity index (χ3n) is 7.67. The summed E-state index contributed by atoms with van der Waals surface area (Å²) in [7, 11) is 0. The summed E-state index contributed by atoms with van der Waals surface area (Å²) in [6.45, 7) is 0.740. The summed E-state index contributed by atoms with van der Waals surface area (Å²) in [6.07, 6.45) is -17.1. The van der Waals surface area contributed by atoms with Crippen LogP contribution in [-0.2, 0) is 20.6 Å². The maximum absolute atomic E-state index is 11.8. The quantitative estimate of drug-likeness (QED) is 0.154. The molecule has 12 atom stereocenters. The monoisotopic (exact) mass is 598 g/mol. The van der Waals surface area contributed by atoms with E-state index in [1.807, 2.05) is 0 Å². The molecule has 2 aromatic carbocycles. The van der Waals surface area contributed by atoms with Crippen LogP contribution in [0.5, 0.6) is 23.0 Å². The lowest BCUT2D eigenvalue weighted by molar-refractivity contribution is -0.379. The summed E-state index contributed by atoms with van der Waals surface area (Å²) in [5.74, 6) is -2.98. The molecule has 2 aromatic rings. The standard InChI is InChI=1S/C27H34O15/c1-10-18(31)20(33)22(35)25(38-10)39-13-6-15(30)14-8-27(37,42-26-23(36)21(34)19(32)17(9-28)41-26)24(40-16(14)7-13)11-2-4-12(29)5-3-11/h2-7,10,17-26,28-37H,8-9H2,1H3/t10-,17+,18-,19+,20+,21-,22+,23+,24?,25-,26-,27?/m0/s1. The summed E-state index contributed by atoms with van der Waals surface area (Å²) in [5, 5.41) is 103. The minimum atomic E-state index is -2.39. The molecular weight excluding hydrogens is 564 g/mol. The molecule has 0 spiro atoms. The molecule has 3 aliphatic rings. The summed E-state index contributed by atoms with van der Waals surface area (Å²) in [5.41, 5.74) is 0.298. The van der Waals surface area contributed by atoms with Gasteiger partial charge in [0.05, 0.1) is 12.7 Å². The zero-order valence-electron chi connectivity index (χ0n) is 22.2. The average Bonchev–Trinajstić information content (AvgIpc) is 2.96. The van der Waals surface area contributed by atoms with E-state index in [1.54, 1.807) is 0 Å². The first-order valence-corrected chi connectivity index (χ1v) is 13.2. The Bertz CT molecular complexity index is 1240. The topological polar surface area (TPSA) is 248 Å². The van der Waals surface area contributed by atoms with Gasteiger partial charge in [-0.3, -0.25) is 0 Å². The Morgan fingerprint density at radius 2 is 1.48 bits per heavy atom. The Kier molecular flexibility index (Phi) is 8.54. The molecule has 3 aliphatic heterocycles. The molecule has 42 heavy (non-hydrogen) atoms. The van der Waals surface area contributed by atoms with Crippen LogP contribution in [0, 0.1) is 0 Å². The van der Waals surface area contributed by atoms with Gasteiger partial charge in [-0.2, -0.15) is 0 Å². The molecule has 2 unspecified atom stereocenters. The van der Waals surface area contributed by atoms with Crippen LogP contribution in [0.25, 0.3) is 0 Å². The van der Waals surface area contributed by atoms with Gasteiger partial charge in [0, 0.05) is 24.1 Å². The summed E-state index contributed by atoms with van der Waals surface area (Å²) < 4.78 is 28.3. The third-order valence-corrected chi connectivity index (χ3v) is 7.67. The molecule has 0 saturated carbocycles. The van der Waals surface area contributed by atoms with Crippen LogP contribution in [-0.4, -0.2) is 125 Å². The van der Waals surface area contributed by atoms with E-state index >= 15 is 0 Å². The van der Waals surface area contributed by atoms with Gasteiger partial charge in [-0.1, -0.05) is 12.1 Å². The lowest BCUT2D eigenvalue weighted by atomic mass is 9.90. The van der Waals surface area contributed by atoms with Crippen molar-refractivity contribution in [3.05, 3.63) is 47.5 Å². The van der Waals surface area contributed by atoms with Gasteiger partial charge in [-0.05, 0) is 24.6 Å². The molecule has 0 aliphatic carbocycles. The molecule has 15 heteroatoms. The van der Waals surface area contributed by atoms with Crippen LogP contribution in [0.2, 0.25) is 0 Å². The van der Waals surface area contributed by atoms with Crippen molar-refractivity contribution in [1.82, 2.24) is 0 Å². The lowest BCUT2D eigenvalue weighted by Crippen LogP contribution is -2.62. The lowest BCUT2D eigenvalue weighted by Gasteiger charge is -2.46. The fourth-order valence-corrected chi connectivity index (χ4v) is 5.21. The normalized spacial score (nSPS) is 40.2. The second kappa shape index (κ2) is 11.7. The number of ether oxygens (including phenoxy) is 5. The largest absolute Gasteiger partial charge is 0.508 e. The number of aliphatic hydroxyl groups is 8. The van der Waals surface area contributed by atoms with E-state index in [0.29, 0.717) is 0 Å². The van der Waals surface area contributed by atoms with E-state index in [9.17, 15) is 51.1 Å². The van der Waals surface area contributed by atoms with Gasteiger partial charge in [-0.25, -0.2) is 0 Å². The number of hydrogen-bond donors (Lipinski definition) is 10. The van der Waals surface area contributed by atoms with Crippen LogP contribution in [0.15, 0.2) is 36.4 Å². The van der Waals surface area contributed by atoms with Gasteiger partial charge in [0.15, 0.2) is 12.4 Å². The van der Waals surface area contributed by atoms with Crippen molar-refractivity contribution in [3.8, 4) is 23.0 Å². The highest BCUT2D eigenvalue weighted by atomic mass is 16.8. The first-order valence-electron chi connectivity index (χ1n) is 13.2.